The first-order chi connectivity index (χ1) is 15.5. The zero-order valence-electron chi connectivity index (χ0n) is 17.9. The lowest BCUT2D eigenvalue weighted by atomic mass is 10.2. The van der Waals surface area contributed by atoms with Crippen LogP contribution in [-0.4, -0.2) is 39.4 Å². The summed E-state index contributed by atoms with van der Waals surface area (Å²) in [5, 5.41) is 14.8. The summed E-state index contributed by atoms with van der Waals surface area (Å²) < 4.78 is 6.96. The Labute approximate surface area is 191 Å². The van der Waals surface area contributed by atoms with Crippen LogP contribution >= 0.6 is 11.8 Å². The van der Waals surface area contributed by atoms with E-state index in [9.17, 15) is 9.59 Å². The Balaban J connectivity index is 1.63. The van der Waals surface area contributed by atoms with Crippen molar-refractivity contribution in [3.63, 3.8) is 0 Å². The summed E-state index contributed by atoms with van der Waals surface area (Å²) in [7, 11) is 1.59. The number of aromatic nitrogens is 3. The average Bonchev–Trinajstić information content (AvgIpc) is 3.21. The van der Waals surface area contributed by atoms with E-state index >= 15 is 0 Å². The van der Waals surface area contributed by atoms with E-state index in [2.05, 4.69) is 27.4 Å². The van der Waals surface area contributed by atoms with Gasteiger partial charge in [0, 0.05) is 17.8 Å². The molecule has 0 bridgehead atoms. The number of carbonyl (C=O) groups excluding carboxylic acids is 2. The molecule has 1 aromatic heterocycles. The molecular weight excluding hydrogens is 426 g/mol. The van der Waals surface area contributed by atoms with E-state index in [1.807, 2.05) is 29.7 Å². The Kier molecular flexibility index (Phi) is 8.04. The van der Waals surface area contributed by atoms with E-state index in [4.69, 9.17) is 4.74 Å². The third-order valence-electron chi connectivity index (χ3n) is 4.53. The van der Waals surface area contributed by atoms with Crippen molar-refractivity contribution in [2.24, 2.45) is 0 Å². The van der Waals surface area contributed by atoms with Crippen LogP contribution in [0.2, 0.25) is 0 Å². The normalized spacial score (nSPS) is 11.4. The molecule has 1 heterocycles. The molecule has 2 amide bonds. The van der Waals surface area contributed by atoms with Gasteiger partial charge in [-0.25, -0.2) is 0 Å². The van der Waals surface area contributed by atoms with Gasteiger partial charge in [-0.3, -0.25) is 9.59 Å². The first kappa shape index (κ1) is 23.1. The summed E-state index contributed by atoms with van der Waals surface area (Å²) in [4.78, 5) is 24.8. The van der Waals surface area contributed by atoms with E-state index in [0.29, 0.717) is 28.8 Å². The number of nitrogens with zero attached hydrogens (tertiary/aromatic N) is 3. The Morgan fingerprint density at radius 1 is 1.16 bits per heavy atom. The van der Waals surface area contributed by atoms with Gasteiger partial charge in [-0.15, -0.1) is 16.8 Å². The highest BCUT2D eigenvalue weighted by Crippen LogP contribution is 2.22. The molecule has 8 nitrogen and oxygen atoms in total. The van der Waals surface area contributed by atoms with Crippen molar-refractivity contribution in [3.05, 3.63) is 78.6 Å². The molecule has 9 heteroatoms. The van der Waals surface area contributed by atoms with E-state index < -0.39 is 0 Å². The van der Waals surface area contributed by atoms with Gasteiger partial charge in [0.2, 0.25) is 5.91 Å². The Morgan fingerprint density at radius 3 is 2.53 bits per heavy atom. The van der Waals surface area contributed by atoms with Crippen molar-refractivity contribution in [1.29, 1.82) is 0 Å². The molecule has 3 rings (SSSR count). The van der Waals surface area contributed by atoms with Crippen molar-refractivity contribution in [3.8, 4) is 5.75 Å². The molecule has 32 heavy (non-hydrogen) atoms. The number of ether oxygens (including phenoxy) is 1. The topological polar surface area (TPSA) is 98.1 Å². The second-order valence-corrected chi connectivity index (χ2v) is 7.81. The van der Waals surface area contributed by atoms with Crippen molar-refractivity contribution >= 4 is 29.3 Å². The van der Waals surface area contributed by atoms with Gasteiger partial charge < -0.3 is 19.9 Å². The van der Waals surface area contributed by atoms with E-state index in [-0.39, 0.29) is 23.6 Å². The third kappa shape index (κ3) is 5.98. The Morgan fingerprint density at radius 2 is 1.88 bits per heavy atom. The number of anilines is 1. The van der Waals surface area contributed by atoms with Gasteiger partial charge in [-0.1, -0.05) is 36.0 Å². The average molecular weight is 452 g/mol. The molecule has 2 N–H and O–H groups in total. The number of hydrogen-bond donors (Lipinski definition) is 2. The molecule has 0 fully saturated rings. The molecule has 3 aromatic rings. The molecule has 0 aliphatic carbocycles. The molecule has 166 valence electrons. The molecular formula is C23H25N5O3S. The number of rotatable bonds is 10. The van der Waals surface area contributed by atoms with Crippen LogP contribution in [0.5, 0.6) is 5.75 Å². The van der Waals surface area contributed by atoms with E-state index in [1.165, 1.54) is 11.8 Å². The number of benzene rings is 2. The number of hydrogen-bond acceptors (Lipinski definition) is 6. The molecule has 0 aliphatic rings. The third-order valence-corrected chi connectivity index (χ3v) is 5.50. The molecule has 0 radical (unpaired) electrons. The largest absolute Gasteiger partial charge is 0.497 e. The van der Waals surface area contributed by atoms with Gasteiger partial charge in [-0.05, 0) is 43.3 Å². The summed E-state index contributed by atoms with van der Waals surface area (Å²) >= 11 is 1.27. The molecule has 0 aliphatic heterocycles. The minimum Gasteiger partial charge on any atom is -0.497 e. The van der Waals surface area contributed by atoms with Crippen LogP contribution < -0.4 is 15.4 Å². The van der Waals surface area contributed by atoms with Crippen LogP contribution in [-0.2, 0) is 11.3 Å². The highest BCUT2D eigenvalue weighted by molar-refractivity contribution is 7.99. The van der Waals surface area contributed by atoms with E-state index in [0.717, 1.165) is 5.75 Å². The van der Waals surface area contributed by atoms with Crippen LogP contribution in [0.1, 0.15) is 29.1 Å². The Bertz CT molecular complexity index is 1070. The molecule has 1 unspecified atom stereocenters. The van der Waals surface area contributed by atoms with Gasteiger partial charge in [0.05, 0.1) is 18.9 Å². The smallest absolute Gasteiger partial charge is 0.251 e. The molecule has 0 saturated carbocycles. The zero-order valence-corrected chi connectivity index (χ0v) is 18.8. The van der Waals surface area contributed by atoms with Crippen LogP contribution in [0.15, 0.2) is 72.4 Å². The summed E-state index contributed by atoms with van der Waals surface area (Å²) in [6.45, 7) is 6.09. The fourth-order valence-electron chi connectivity index (χ4n) is 2.96. The van der Waals surface area contributed by atoms with Gasteiger partial charge in [0.15, 0.2) is 11.0 Å². The number of carbonyl (C=O) groups is 2. The molecule has 0 saturated heterocycles. The summed E-state index contributed by atoms with van der Waals surface area (Å²) in [6.07, 6.45) is 1.72. The maximum absolute atomic E-state index is 12.5. The number of allylic oxidation sites excluding steroid dienone is 1. The zero-order chi connectivity index (χ0) is 22.9. The van der Waals surface area contributed by atoms with Crippen molar-refractivity contribution in [1.82, 2.24) is 20.1 Å². The minimum absolute atomic E-state index is 0.159. The predicted molar refractivity (Wildman–Crippen MR) is 125 cm³/mol. The maximum Gasteiger partial charge on any atom is 0.251 e. The SMILES string of the molecule is C=CCn1c(SCC(=O)Nc2ccc(OC)cc2)nnc1C(C)NC(=O)c1ccccc1. The lowest BCUT2D eigenvalue weighted by Crippen LogP contribution is -2.28. The second-order valence-electron chi connectivity index (χ2n) is 6.87. The molecule has 2 aromatic carbocycles. The maximum atomic E-state index is 12.5. The van der Waals surface area contributed by atoms with Crippen LogP contribution in [0.25, 0.3) is 0 Å². The van der Waals surface area contributed by atoms with Gasteiger partial charge in [-0.2, -0.15) is 0 Å². The lowest BCUT2D eigenvalue weighted by molar-refractivity contribution is -0.113. The van der Waals surface area contributed by atoms with Crippen LogP contribution in [0.4, 0.5) is 5.69 Å². The van der Waals surface area contributed by atoms with Crippen molar-refractivity contribution < 1.29 is 14.3 Å². The number of methoxy groups -OCH3 is 1. The summed E-state index contributed by atoms with van der Waals surface area (Å²) in [5.74, 6) is 1.11. The highest BCUT2D eigenvalue weighted by atomic mass is 32.2. The van der Waals surface area contributed by atoms with Gasteiger partial charge in [0.25, 0.3) is 5.91 Å². The van der Waals surface area contributed by atoms with E-state index in [1.54, 1.807) is 49.6 Å². The van der Waals surface area contributed by atoms with Crippen molar-refractivity contribution in [2.45, 2.75) is 24.7 Å². The minimum atomic E-state index is -0.377. The molecule has 0 spiro atoms. The molecule has 1 atom stereocenters. The van der Waals surface area contributed by atoms with Gasteiger partial charge >= 0.3 is 0 Å². The highest BCUT2D eigenvalue weighted by Gasteiger charge is 2.20. The van der Waals surface area contributed by atoms with Crippen LogP contribution in [0.3, 0.4) is 0 Å². The fourth-order valence-corrected chi connectivity index (χ4v) is 3.72. The summed E-state index contributed by atoms with van der Waals surface area (Å²) in [5.41, 5.74) is 1.25. The first-order valence-corrected chi connectivity index (χ1v) is 11.0. The Hall–Kier alpha value is -3.59. The standard InChI is InChI=1S/C23H25N5O3S/c1-4-14-28-21(16(2)24-22(30)17-8-6-5-7-9-17)26-27-23(28)32-15-20(29)25-18-10-12-19(31-3)13-11-18/h4-13,16H,1,14-15H2,2-3H3,(H,24,30)(H,25,29). The lowest BCUT2D eigenvalue weighted by Gasteiger charge is -2.15. The predicted octanol–water partition coefficient (Wildman–Crippen LogP) is 3.69. The fraction of sp³-hybridized carbons (Fsp3) is 0.217. The van der Waals surface area contributed by atoms with Crippen LogP contribution in [0, 0.1) is 0 Å². The number of amides is 2. The monoisotopic (exact) mass is 451 g/mol. The quantitative estimate of drug-likeness (QED) is 0.360. The summed E-state index contributed by atoms with van der Waals surface area (Å²) in [6, 6.07) is 15.7. The number of thioether (sulfide) groups is 1. The van der Waals surface area contributed by atoms with Gasteiger partial charge in [0.1, 0.15) is 5.75 Å². The number of nitrogens with one attached hydrogen (secondary N) is 2. The first-order valence-electron chi connectivity index (χ1n) is 9.98. The van der Waals surface area contributed by atoms with Crippen molar-refractivity contribution in [2.75, 3.05) is 18.2 Å². The second kappa shape index (κ2) is 11.1.